The van der Waals surface area contributed by atoms with Gasteiger partial charge in [0.1, 0.15) is 36.6 Å². The van der Waals surface area contributed by atoms with Gasteiger partial charge >= 0.3 is 0 Å². The van der Waals surface area contributed by atoms with Gasteiger partial charge in [0, 0.05) is 6.42 Å². The molecule has 9 unspecified atom stereocenters. The molecule has 1 aliphatic heterocycles. The number of rotatable bonds is 33. The number of nitrogens with one attached hydrogen (secondary N) is 1. The van der Waals surface area contributed by atoms with Gasteiger partial charge in [0.05, 0.1) is 44.7 Å². The molecule has 0 aromatic carbocycles. The van der Waals surface area contributed by atoms with Gasteiger partial charge in [-0.2, -0.15) is 0 Å². The number of ether oxygens (including phenoxy) is 4. The minimum atomic E-state index is -1.83. The van der Waals surface area contributed by atoms with E-state index in [4.69, 9.17) is 18.9 Å². The lowest BCUT2D eigenvalue weighted by molar-refractivity contribution is -0.339. The average Bonchev–Trinajstić information content (AvgIpc) is 3.14. The van der Waals surface area contributed by atoms with Crippen LogP contribution >= 0.6 is 0 Å². The summed E-state index contributed by atoms with van der Waals surface area (Å²) in [5.41, 5.74) is 0. The first-order valence-electron chi connectivity index (χ1n) is 20.3. The number of carbonyl (C=O) groups excluding carboxylic acids is 1. The van der Waals surface area contributed by atoms with Crippen LogP contribution in [0.15, 0.2) is 12.2 Å². The molecular weight excluding hydrogens is 690 g/mol. The van der Waals surface area contributed by atoms with E-state index >= 15 is 0 Å². The molecule has 1 rings (SSSR count). The fraction of sp³-hybridized carbons (Fsp3) is 0.923. The van der Waals surface area contributed by atoms with Crippen LogP contribution in [0.2, 0.25) is 0 Å². The quantitative estimate of drug-likeness (QED) is 0.0267. The number of hydrogen-bond acceptors (Lipinski definition) is 13. The Morgan fingerprint density at radius 2 is 1.36 bits per heavy atom. The molecule has 0 aromatic rings. The van der Waals surface area contributed by atoms with Gasteiger partial charge in [0.15, 0.2) is 12.6 Å². The van der Waals surface area contributed by atoms with Crippen molar-refractivity contribution in [2.75, 3.05) is 26.4 Å². The molecular formula is C39H75NO13. The summed E-state index contributed by atoms with van der Waals surface area (Å²) in [4.78, 5) is 12.9. The van der Waals surface area contributed by atoms with Crippen LogP contribution in [0.4, 0.5) is 0 Å². The highest BCUT2D eigenvalue weighted by Crippen LogP contribution is 2.27. The lowest BCUT2D eigenvalue weighted by Crippen LogP contribution is -2.62. The number of amides is 1. The number of hydrogen-bond donors (Lipinski definition) is 9. The SMILES string of the molecule is CCCCCCCCCCCCC/C=C/[C@@H](O)[C@H](COC1OC(CO)C(OC(OCCO)C(O)C(O)C(C)O)C(O)C1O)NC(=O)CCCCCCC. The minimum Gasteiger partial charge on any atom is -0.394 e. The molecule has 314 valence electrons. The van der Waals surface area contributed by atoms with Crippen molar-refractivity contribution in [3.8, 4) is 0 Å². The first-order valence-corrected chi connectivity index (χ1v) is 20.3. The Kier molecular flexibility index (Phi) is 29.0. The van der Waals surface area contributed by atoms with Gasteiger partial charge < -0.3 is 65.1 Å². The molecule has 11 atom stereocenters. The molecule has 14 heteroatoms. The van der Waals surface area contributed by atoms with Crippen LogP contribution < -0.4 is 5.32 Å². The third-order valence-corrected chi connectivity index (χ3v) is 9.62. The Morgan fingerprint density at radius 1 is 0.792 bits per heavy atom. The van der Waals surface area contributed by atoms with Crippen molar-refractivity contribution in [2.45, 2.75) is 204 Å². The Hall–Kier alpha value is -1.27. The van der Waals surface area contributed by atoms with Crippen LogP contribution in [0, 0.1) is 0 Å². The lowest BCUT2D eigenvalue weighted by Gasteiger charge is -2.43. The number of aliphatic hydroxyl groups excluding tert-OH is 8. The van der Waals surface area contributed by atoms with E-state index in [1.807, 2.05) is 6.08 Å². The molecule has 1 heterocycles. The molecule has 1 saturated heterocycles. The van der Waals surface area contributed by atoms with Crippen molar-refractivity contribution < 1.29 is 64.6 Å². The Labute approximate surface area is 317 Å². The summed E-state index contributed by atoms with van der Waals surface area (Å²) < 4.78 is 22.4. The standard InChI is InChI=1S/C39H75NO13/c1-4-6-8-10-11-12-13-14-15-16-17-19-20-22-30(44)29(40-32(45)23-21-18-9-7-5-2)27-51-39-36(49)34(47)37(31(26-42)52-39)53-38(50-25-24-41)35(48)33(46)28(3)43/h20,22,28-31,33-39,41-44,46-49H,4-19,21,23-27H2,1-3H3,(H,40,45)/b22-20+/t28?,29-,30+,31?,33?,34?,35?,36?,37?,38?,39?/m0/s1. The zero-order valence-electron chi connectivity index (χ0n) is 32.7. The van der Waals surface area contributed by atoms with Crippen LogP contribution in [0.1, 0.15) is 136 Å². The number of carbonyl (C=O) groups is 1. The third kappa shape index (κ3) is 21.0. The molecule has 9 N–H and O–H groups in total. The van der Waals surface area contributed by atoms with Crippen LogP contribution in [0.5, 0.6) is 0 Å². The first kappa shape index (κ1) is 49.7. The average molecular weight is 766 g/mol. The van der Waals surface area contributed by atoms with Gasteiger partial charge in [-0.05, 0) is 26.2 Å². The molecule has 0 aromatic heterocycles. The molecule has 0 radical (unpaired) electrons. The Morgan fingerprint density at radius 3 is 1.91 bits per heavy atom. The number of aliphatic hydroxyl groups is 8. The minimum absolute atomic E-state index is 0.258. The maximum absolute atomic E-state index is 12.9. The van der Waals surface area contributed by atoms with Crippen molar-refractivity contribution in [3.63, 3.8) is 0 Å². The second kappa shape index (κ2) is 30.9. The van der Waals surface area contributed by atoms with Gasteiger partial charge in [-0.3, -0.25) is 4.79 Å². The summed E-state index contributed by atoms with van der Waals surface area (Å²) in [7, 11) is 0. The summed E-state index contributed by atoms with van der Waals surface area (Å²) in [6.45, 7) is 3.74. The van der Waals surface area contributed by atoms with Gasteiger partial charge in [-0.15, -0.1) is 0 Å². The monoisotopic (exact) mass is 766 g/mol. The highest BCUT2D eigenvalue weighted by Gasteiger charge is 2.48. The van der Waals surface area contributed by atoms with E-state index in [1.165, 1.54) is 64.7 Å². The summed E-state index contributed by atoms with van der Waals surface area (Å²) in [5.74, 6) is -0.258. The summed E-state index contributed by atoms with van der Waals surface area (Å²) in [5, 5.41) is 85.5. The van der Waals surface area contributed by atoms with Crippen molar-refractivity contribution in [1.29, 1.82) is 0 Å². The zero-order chi connectivity index (χ0) is 39.4. The van der Waals surface area contributed by atoms with E-state index in [0.717, 1.165) is 44.9 Å². The fourth-order valence-electron chi connectivity index (χ4n) is 6.24. The lowest BCUT2D eigenvalue weighted by atomic mass is 9.98. The predicted octanol–water partition coefficient (Wildman–Crippen LogP) is 2.73. The maximum Gasteiger partial charge on any atom is 0.220 e. The van der Waals surface area contributed by atoms with Crippen LogP contribution in [0.25, 0.3) is 0 Å². The molecule has 14 nitrogen and oxygen atoms in total. The highest BCUT2D eigenvalue weighted by atomic mass is 16.7. The first-order chi connectivity index (χ1) is 25.5. The molecule has 0 aliphatic carbocycles. The van der Waals surface area contributed by atoms with E-state index in [1.54, 1.807) is 6.08 Å². The van der Waals surface area contributed by atoms with Gasteiger partial charge in [0.2, 0.25) is 5.91 Å². The van der Waals surface area contributed by atoms with Gasteiger partial charge in [-0.1, -0.05) is 116 Å². The third-order valence-electron chi connectivity index (χ3n) is 9.62. The van der Waals surface area contributed by atoms with Crippen molar-refractivity contribution in [2.24, 2.45) is 0 Å². The summed E-state index contributed by atoms with van der Waals surface area (Å²) in [6, 6.07) is -0.908. The van der Waals surface area contributed by atoms with E-state index in [0.29, 0.717) is 6.42 Å². The van der Waals surface area contributed by atoms with Crippen LogP contribution in [-0.2, 0) is 23.7 Å². The van der Waals surface area contributed by atoms with Gasteiger partial charge in [-0.25, -0.2) is 0 Å². The second-order valence-electron chi connectivity index (χ2n) is 14.4. The molecule has 0 spiro atoms. The predicted molar refractivity (Wildman–Crippen MR) is 201 cm³/mol. The molecule has 0 bridgehead atoms. The molecule has 1 aliphatic rings. The topological polar surface area (TPSA) is 228 Å². The smallest absolute Gasteiger partial charge is 0.220 e. The van der Waals surface area contributed by atoms with E-state index in [2.05, 4.69) is 19.2 Å². The highest BCUT2D eigenvalue weighted by molar-refractivity contribution is 5.76. The normalized spacial score (nSPS) is 24.2. The van der Waals surface area contributed by atoms with Crippen LogP contribution in [-0.4, -0.2) is 141 Å². The van der Waals surface area contributed by atoms with E-state index < -0.39 is 80.7 Å². The molecule has 53 heavy (non-hydrogen) atoms. The molecule has 0 saturated carbocycles. The van der Waals surface area contributed by atoms with Crippen molar-refractivity contribution in [1.82, 2.24) is 5.32 Å². The largest absolute Gasteiger partial charge is 0.394 e. The van der Waals surface area contributed by atoms with Gasteiger partial charge in [0.25, 0.3) is 0 Å². The molecule has 1 fully saturated rings. The van der Waals surface area contributed by atoms with Crippen molar-refractivity contribution >= 4 is 5.91 Å². The number of allylic oxidation sites excluding steroid dienone is 1. The molecule has 1 amide bonds. The second-order valence-corrected chi connectivity index (χ2v) is 14.4. The van der Waals surface area contributed by atoms with Crippen molar-refractivity contribution in [3.05, 3.63) is 12.2 Å². The number of unbranched alkanes of at least 4 members (excludes halogenated alkanes) is 15. The Balaban J connectivity index is 2.82. The summed E-state index contributed by atoms with van der Waals surface area (Å²) >= 11 is 0. The van der Waals surface area contributed by atoms with E-state index in [9.17, 15) is 45.6 Å². The Bertz CT molecular complexity index is 911. The zero-order valence-corrected chi connectivity index (χ0v) is 32.7. The maximum atomic E-state index is 12.9. The fourth-order valence-corrected chi connectivity index (χ4v) is 6.24. The van der Waals surface area contributed by atoms with E-state index in [-0.39, 0.29) is 25.5 Å². The van der Waals surface area contributed by atoms with Crippen LogP contribution in [0.3, 0.4) is 0 Å². The summed E-state index contributed by atoms with van der Waals surface area (Å²) in [6.07, 6.45) is 7.41.